The normalized spacial score (nSPS) is 11.2. The number of nitrogens with zero attached hydrogens (tertiary/aromatic N) is 1. The van der Waals surface area contributed by atoms with Crippen molar-refractivity contribution in [2.75, 3.05) is 5.73 Å². The second-order valence-electron chi connectivity index (χ2n) is 6.73. The summed E-state index contributed by atoms with van der Waals surface area (Å²) in [6.07, 6.45) is 0. The lowest BCUT2D eigenvalue weighted by atomic mass is 9.93. The van der Waals surface area contributed by atoms with Gasteiger partial charge in [-0.05, 0) is 35.9 Å². The van der Waals surface area contributed by atoms with Crippen LogP contribution >= 0.6 is 11.3 Å². The highest BCUT2D eigenvalue weighted by Crippen LogP contribution is 2.40. The summed E-state index contributed by atoms with van der Waals surface area (Å²) in [7, 11) is 0. The summed E-state index contributed by atoms with van der Waals surface area (Å²) in [6, 6.07) is 19.1. The van der Waals surface area contributed by atoms with Gasteiger partial charge in [0, 0.05) is 22.7 Å². The predicted octanol–water partition coefficient (Wildman–Crippen LogP) is 5.02. The van der Waals surface area contributed by atoms with Crippen LogP contribution in [0.1, 0.15) is 10.4 Å². The highest BCUT2D eigenvalue weighted by atomic mass is 32.1. The molecule has 30 heavy (non-hydrogen) atoms. The maximum Gasteiger partial charge on any atom is 0.347 e. The molecule has 7 heteroatoms. The van der Waals surface area contributed by atoms with E-state index in [-0.39, 0.29) is 11.1 Å². The lowest BCUT2D eigenvalue weighted by Crippen LogP contribution is -2.08. The van der Waals surface area contributed by atoms with Crippen molar-refractivity contribution in [3.05, 3.63) is 82.7 Å². The summed E-state index contributed by atoms with van der Waals surface area (Å²) in [5, 5.41) is 10.8. The second-order valence-corrected chi connectivity index (χ2v) is 7.76. The number of anilines is 1. The number of para-hydroxylation sites is 1. The second kappa shape index (κ2) is 6.82. The number of nitrogens with two attached hydrogens (primary N) is 1. The highest BCUT2D eigenvalue weighted by molar-refractivity contribution is 7.21. The molecule has 0 aliphatic heterocycles. The van der Waals surface area contributed by atoms with Crippen LogP contribution in [0.4, 0.5) is 5.69 Å². The van der Waals surface area contributed by atoms with E-state index in [0.717, 1.165) is 10.2 Å². The molecule has 0 bridgehead atoms. The van der Waals surface area contributed by atoms with Crippen molar-refractivity contribution in [2.45, 2.75) is 0 Å². The van der Waals surface area contributed by atoms with Gasteiger partial charge in [-0.2, -0.15) is 0 Å². The van der Waals surface area contributed by atoms with Gasteiger partial charge in [0.1, 0.15) is 16.2 Å². The zero-order valence-electron chi connectivity index (χ0n) is 15.5. The van der Waals surface area contributed by atoms with Crippen LogP contribution in [0.5, 0.6) is 0 Å². The smallest absolute Gasteiger partial charge is 0.347 e. The number of benzene rings is 3. The molecular formula is C23H14N2O4S. The molecule has 0 fully saturated rings. The first kappa shape index (κ1) is 18.1. The van der Waals surface area contributed by atoms with Crippen LogP contribution in [0.25, 0.3) is 42.9 Å². The van der Waals surface area contributed by atoms with Crippen LogP contribution in [-0.2, 0) is 0 Å². The Kier molecular flexibility index (Phi) is 4.11. The molecule has 0 aliphatic carbocycles. The molecular weight excluding hydrogens is 400 g/mol. The van der Waals surface area contributed by atoms with Crippen molar-refractivity contribution in [3.8, 4) is 21.7 Å². The number of fused-ring (bicyclic) bond motifs is 2. The lowest BCUT2D eigenvalue weighted by molar-refractivity contribution is 0.0697. The van der Waals surface area contributed by atoms with Gasteiger partial charge in [-0.3, -0.25) is 0 Å². The molecule has 146 valence electrons. The first-order valence-electron chi connectivity index (χ1n) is 9.08. The maximum atomic E-state index is 13.1. The summed E-state index contributed by atoms with van der Waals surface area (Å²) < 4.78 is 6.49. The van der Waals surface area contributed by atoms with Gasteiger partial charge in [-0.25, -0.2) is 14.6 Å². The Labute approximate surface area is 173 Å². The Morgan fingerprint density at radius 3 is 2.57 bits per heavy atom. The Balaban J connectivity index is 1.95. The molecule has 2 aromatic heterocycles. The van der Waals surface area contributed by atoms with Crippen molar-refractivity contribution in [2.24, 2.45) is 0 Å². The largest absolute Gasteiger partial charge is 0.478 e. The molecule has 0 saturated carbocycles. The number of aromatic nitrogens is 1. The fraction of sp³-hybridized carbons (Fsp3) is 0. The molecule has 5 rings (SSSR count). The standard InChI is InChI=1S/C23H14N2O4S/c24-12-9-10-15-17(11-12)29-23(28)20(21-25-16-7-3-4-8-18(16)30-21)19(15)13-5-1-2-6-14(13)22(26)27/h1-11H,24H2,(H,26,27). The van der Waals surface area contributed by atoms with Gasteiger partial charge in [0.25, 0.3) is 0 Å². The van der Waals surface area contributed by atoms with Crippen molar-refractivity contribution < 1.29 is 14.3 Å². The van der Waals surface area contributed by atoms with Crippen LogP contribution in [-0.4, -0.2) is 16.1 Å². The number of carboxylic acids is 1. The van der Waals surface area contributed by atoms with Gasteiger partial charge in [0.15, 0.2) is 0 Å². The van der Waals surface area contributed by atoms with E-state index in [9.17, 15) is 14.7 Å². The number of thiazole rings is 1. The third kappa shape index (κ3) is 2.84. The fourth-order valence-corrected chi connectivity index (χ4v) is 4.56. The van der Waals surface area contributed by atoms with Crippen LogP contribution in [0, 0.1) is 0 Å². The molecule has 0 saturated heterocycles. The zero-order valence-corrected chi connectivity index (χ0v) is 16.3. The molecule has 6 nitrogen and oxygen atoms in total. The van der Waals surface area contributed by atoms with E-state index < -0.39 is 11.6 Å². The maximum absolute atomic E-state index is 13.1. The average molecular weight is 414 g/mol. The number of rotatable bonds is 3. The average Bonchev–Trinajstić information content (AvgIpc) is 3.16. The molecule has 5 aromatic rings. The summed E-state index contributed by atoms with van der Waals surface area (Å²) in [5.41, 5.74) is 7.98. The molecule has 0 radical (unpaired) electrons. The minimum atomic E-state index is -1.09. The van der Waals surface area contributed by atoms with Gasteiger partial charge in [0.05, 0.1) is 15.8 Å². The van der Waals surface area contributed by atoms with Crippen LogP contribution in [0.3, 0.4) is 0 Å². The van der Waals surface area contributed by atoms with E-state index >= 15 is 0 Å². The quantitative estimate of drug-likeness (QED) is 0.317. The van der Waals surface area contributed by atoms with Crippen LogP contribution in [0.2, 0.25) is 0 Å². The van der Waals surface area contributed by atoms with Crippen molar-refractivity contribution in [1.29, 1.82) is 0 Å². The van der Waals surface area contributed by atoms with E-state index in [2.05, 4.69) is 4.98 Å². The minimum absolute atomic E-state index is 0.0867. The van der Waals surface area contributed by atoms with Crippen molar-refractivity contribution in [3.63, 3.8) is 0 Å². The van der Waals surface area contributed by atoms with Crippen LogP contribution in [0.15, 0.2) is 75.9 Å². The first-order valence-corrected chi connectivity index (χ1v) is 9.89. The molecule has 0 amide bonds. The van der Waals surface area contributed by atoms with Gasteiger partial charge in [-0.1, -0.05) is 30.3 Å². The third-order valence-electron chi connectivity index (χ3n) is 4.87. The molecule has 2 heterocycles. The monoisotopic (exact) mass is 414 g/mol. The Hall–Kier alpha value is -3.97. The van der Waals surface area contributed by atoms with E-state index in [1.165, 1.54) is 17.4 Å². The van der Waals surface area contributed by atoms with E-state index in [1.807, 2.05) is 24.3 Å². The first-order chi connectivity index (χ1) is 14.5. The van der Waals surface area contributed by atoms with E-state index in [0.29, 0.717) is 32.8 Å². The van der Waals surface area contributed by atoms with Gasteiger partial charge < -0.3 is 15.3 Å². The minimum Gasteiger partial charge on any atom is -0.478 e. The SMILES string of the molecule is Nc1ccc2c(-c3ccccc3C(=O)O)c(-c3nc4ccccc4s3)c(=O)oc2c1. The highest BCUT2D eigenvalue weighted by Gasteiger charge is 2.24. The number of aromatic carboxylic acids is 1. The Morgan fingerprint density at radius 2 is 1.77 bits per heavy atom. The molecule has 0 aliphatic rings. The van der Waals surface area contributed by atoms with E-state index in [1.54, 1.807) is 36.4 Å². The van der Waals surface area contributed by atoms with Gasteiger partial charge in [0.2, 0.25) is 0 Å². The number of carbonyl (C=O) groups is 1. The van der Waals surface area contributed by atoms with Crippen molar-refractivity contribution >= 4 is 44.2 Å². The third-order valence-corrected chi connectivity index (χ3v) is 5.92. The summed E-state index contributed by atoms with van der Waals surface area (Å²) in [5.74, 6) is -1.09. The number of hydrogen-bond donors (Lipinski definition) is 2. The van der Waals surface area contributed by atoms with Gasteiger partial charge in [-0.15, -0.1) is 11.3 Å². The number of hydrogen-bond acceptors (Lipinski definition) is 6. The summed E-state index contributed by atoms with van der Waals surface area (Å²) in [6.45, 7) is 0. The number of carboxylic acid groups (broad SMARTS) is 1. The van der Waals surface area contributed by atoms with E-state index in [4.69, 9.17) is 10.2 Å². The topological polar surface area (TPSA) is 106 Å². The Bertz CT molecular complexity index is 1480. The predicted molar refractivity (Wildman–Crippen MR) is 118 cm³/mol. The van der Waals surface area contributed by atoms with Gasteiger partial charge >= 0.3 is 11.6 Å². The lowest BCUT2D eigenvalue weighted by Gasteiger charge is -2.13. The summed E-state index contributed by atoms with van der Waals surface area (Å²) >= 11 is 1.36. The molecule has 0 atom stereocenters. The molecule has 0 spiro atoms. The van der Waals surface area contributed by atoms with Crippen molar-refractivity contribution in [1.82, 2.24) is 4.98 Å². The molecule has 0 unspecified atom stereocenters. The van der Waals surface area contributed by atoms with Crippen LogP contribution < -0.4 is 11.4 Å². The zero-order chi connectivity index (χ0) is 20.8. The fourth-order valence-electron chi connectivity index (χ4n) is 3.56. The molecule has 3 N–H and O–H groups in total. The Morgan fingerprint density at radius 1 is 1.00 bits per heavy atom. The summed E-state index contributed by atoms with van der Waals surface area (Å²) in [4.78, 5) is 29.6. The molecule has 3 aromatic carbocycles. The number of nitrogen functional groups attached to an aromatic ring is 1.